The van der Waals surface area contributed by atoms with Crippen molar-refractivity contribution in [2.45, 2.75) is 32.4 Å². The summed E-state index contributed by atoms with van der Waals surface area (Å²) in [6.07, 6.45) is 2.17. The summed E-state index contributed by atoms with van der Waals surface area (Å²) in [5, 5.41) is 3.56. The zero-order chi connectivity index (χ0) is 17.4. The summed E-state index contributed by atoms with van der Waals surface area (Å²) in [5.41, 5.74) is 2.48. The van der Waals surface area contributed by atoms with Crippen molar-refractivity contribution in [2.75, 3.05) is 21.3 Å². The maximum absolute atomic E-state index is 5.40. The van der Waals surface area contributed by atoms with Gasteiger partial charge in [0.05, 0.1) is 21.3 Å². The standard InChI is InChI=1S/C20H27NO3.ClH/c1-15(10-11-16-8-6-5-7-9-16)21-14-17-12-18(22-2)20(24-4)19(13-17)23-3;/h5-9,12-13,15,21H,10-11,14H2,1-4H3;1H. The molecule has 0 amide bonds. The van der Waals surface area contributed by atoms with Gasteiger partial charge in [0.2, 0.25) is 5.75 Å². The second-order valence-corrected chi connectivity index (χ2v) is 5.84. The third-order valence-corrected chi connectivity index (χ3v) is 4.09. The van der Waals surface area contributed by atoms with Crippen LogP contribution in [0.4, 0.5) is 0 Å². The molecule has 138 valence electrons. The Morgan fingerprint density at radius 1 is 0.880 bits per heavy atom. The topological polar surface area (TPSA) is 39.7 Å². The van der Waals surface area contributed by atoms with Crippen LogP contribution >= 0.6 is 12.4 Å². The van der Waals surface area contributed by atoms with Crippen LogP contribution in [0.15, 0.2) is 42.5 Å². The van der Waals surface area contributed by atoms with E-state index in [0.29, 0.717) is 23.3 Å². The summed E-state index contributed by atoms with van der Waals surface area (Å²) in [6.45, 7) is 2.97. The first-order valence-corrected chi connectivity index (χ1v) is 8.24. The van der Waals surface area contributed by atoms with E-state index in [1.54, 1.807) is 21.3 Å². The van der Waals surface area contributed by atoms with Gasteiger partial charge in [-0.15, -0.1) is 12.4 Å². The fourth-order valence-electron chi connectivity index (χ4n) is 2.66. The predicted octanol–water partition coefficient (Wildman–Crippen LogP) is 4.25. The molecule has 2 rings (SSSR count). The molecule has 0 spiro atoms. The first-order chi connectivity index (χ1) is 11.7. The molecule has 0 radical (unpaired) electrons. The molecule has 1 unspecified atom stereocenters. The van der Waals surface area contributed by atoms with Crippen LogP contribution in [0, 0.1) is 0 Å². The molecule has 0 saturated carbocycles. The number of benzene rings is 2. The molecule has 0 aliphatic heterocycles. The summed E-state index contributed by atoms with van der Waals surface area (Å²) in [4.78, 5) is 0. The zero-order valence-electron chi connectivity index (χ0n) is 15.4. The first-order valence-electron chi connectivity index (χ1n) is 8.24. The van der Waals surface area contributed by atoms with Crippen LogP contribution in [0.1, 0.15) is 24.5 Å². The minimum absolute atomic E-state index is 0. The van der Waals surface area contributed by atoms with E-state index < -0.39 is 0 Å². The van der Waals surface area contributed by atoms with Gasteiger partial charge in [-0.25, -0.2) is 0 Å². The van der Waals surface area contributed by atoms with Crippen molar-refractivity contribution >= 4 is 12.4 Å². The summed E-state index contributed by atoms with van der Waals surface area (Å²) in [7, 11) is 4.89. The van der Waals surface area contributed by atoms with Crippen molar-refractivity contribution in [3.63, 3.8) is 0 Å². The highest BCUT2D eigenvalue weighted by atomic mass is 35.5. The highest BCUT2D eigenvalue weighted by Gasteiger charge is 2.13. The van der Waals surface area contributed by atoms with E-state index in [4.69, 9.17) is 14.2 Å². The summed E-state index contributed by atoms with van der Waals surface area (Å²) in [6, 6.07) is 15.0. The number of halogens is 1. The number of rotatable bonds is 9. The van der Waals surface area contributed by atoms with Crippen molar-refractivity contribution in [3.8, 4) is 17.2 Å². The highest BCUT2D eigenvalue weighted by Crippen LogP contribution is 2.38. The molecule has 1 N–H and O–H groups in total. The lowest BCUT2D eigenvalue weighted by Gasteiger charge is -2.17. The van der Waals surface area contributed by atoms with Crippen molar-refractivity contribution in [2.24, 2.45) is 0 Å². The van der Waals surface area contributed by atoms with E-state index in [1.165, 1.54) is 5.56 Å². The largest absolute Gasteiger partial charge is 0.493 e. The molecule has 2 aromatic rings. The van der Waals surface area contributed by atoms with E-state index in [0.717, 1.165) is 24.9 Å². The molecule has 0 aliphatic rings. The van der Waals surface area contributed by atoms with E-state index >= 15 is 0 Å². The summed E-state index contributed by atoms with van der Waals surface area (Å²) in [5.74, 6) is 2.00. The second-order valence-electron chi connectivity index (χ2n) is 5.84. The highest BCUT2D eigenvalue weighted by molar-refractivity contribution is 5.85. The zero-order valence-corrected chi connectivity index (χ0v) is 16.2. The van der Waals surface area contributed by atoms with Gasteiger partial charge in [0, 0.05) is 12.6 Å². The first kappa shape index (κ1) is 21.1. The van der Waals surface area contributed by atoms with Gasteiger partial charge in [-0.3, -0.25) is 0 Å². The molecule has 4 nitrogen and oxygen atoms in total. The van der Waals surface area contributed by atoms with Crippen molar-refractivity contribution < 1.29 is 14.2 Å². The number of hydrogen-bond acceptors (Lipinski definition) is 4. The Bertz CT molecular complexity index is 609. The lowest BCUT2D eigenvalue weighted by atomic mass is 10.1. The van der Waals surface area contributed by atoms with Crippen LogP contribution in [0.3, 0.4) is 0 Å². The molecule has 0 bridgehead atoms. The molecule has 0 aliphatic carbocycles. The fourth-order valence-corrected chi connectivity index (χ4v) is 2.66. The Labute approximate surface area is 156 Å². The van der Waals surface area contributed by atoms with Gasteiger partial charge in [0.1, 0.15) is 0 Å². The van der Waals surface area contributed by atoms with Gasteiger partial charge in [0.25, 0.3) is 0 Å². The average molecular weight is 366 g/mol. The van der Waals surface area contributed by atoms with Crippen molar-refractivity contribution in [1.82, 2.24) is 5.32 Å². The van der Waals surface area contributed by atoms with Crippen LogP contribution in [-0.4, -0.2) is 27.4 Å². The number of hydrogen-bond donors (Lipinski definition) is 1. The fraction of sp³-hybridized carbons (Fsp3) is 0.400. The van der Waals surface area contributed by atoms with Crippen molar-refractivity contribution in [1.29, 1.82) is 0 Å². The molecule has 2 aromatic carbocycles. The monoisotopic (exact) mass is 365 g/mol. The Kier molecular flexibility index (Phi) is 9.17. The average Bonchev–Trinajstić information content (AvgIpc) is 2.64. The van der Waals surface area contributed by atoms with E-state index in [-0.39, 0.29) is 12.4 Å². The maximum atomic E-state index is 5.40. The van der Waals surface area contributed by atoms with Crippen LogP contribution in [-0.2, 0) is 13.0 Å². The Morgan fingerprint density at radius 3 is 2.00 bits per heavy atom. The normalized spacial score (nSPS) is 11.4. The molecule has 5 heteroatoms. The van der Waals surface area contributed by atoms with Crippen LogP contribution in [0.5, 0.6) is 17.2 Å². The van der Waals surface area contributed by atoms with E-state index in [2.05, 4.69) is 42.6 Å². The van der Waals surface area contributed by atoms with Crippen LogP contribution in [0.2, 0.25) is 0 Å². The van der Waals surface area contributed by atoms with Gasteiger partial charge in [-0.05, 0) is 43.0 Å². The van der Waals surface area contributed by atoms with Gasteiger partial charge in [-0.1, -0.05) is 30.3 Å². The Hall–Kier alpha value is -1.91. The molecule has 1 atom stereocenters. The molecule has 0 fully saturated rings. The molecule has 0 saturated heterocycles. The lowest BCUT2D eigenvalue weighted by Crippen LogP contribution is -2.26. The van der Waals surface area contributed by atoms with E-state index in [9.17, 15) is 0 Å². The van der Waals surface area contributed by atoms with Crippen LogP contribution in [0.25, 0.3) is 0 Å². The number of nitrogens with one attached hydrogen (secondary N) is 1. The number of aryl methyl sites for hydroxylation is 1. The predicted molar refractivity (Wildman–Crippen MR) is 104 cm³/mol. The van der Waals surface area contributed by atoms with Gasteiger partial charge >= 0.3 is 0 Å². The maximum Gasteiger partial charge on any atom is 0.203 e. The quantitative estimate of drug-likeness (QED) is 0.721. The number of ether oxygens (including phenoxy) is 3. The molecule has 0 aromatic heterocycles. The molecule has 0 heterocycles. The lowest BCUT2D eigenvalue weighted by molar-refractivity contribution is 0.323. The summed E-state index contributed by atoms with van der Waals surface area (Å²) >= 11 is 0. The summed E-state index contributed by atoms with van der Waals surface area (Å²) < 4.78 is 16.2. The molecule has 25 heavy (non-hydrogen) atoms. The van der Waals surface area contributed by atoms with Gasteiger partial charge < -0.3 is 19.5 Å². The number of methoxy groups -OCH3 is 3. The van der Waals surface area contributed by atoms with Crippen molar-refractivity contribution in [3.05, 3.63) is 53.6 Å². The smallest absolute Gasteiger partial charge is 0.203 e. The van der Waals surface area contributed by atoms with E-state index in [1.807, 2.05) is 12.1 Å². The third kappa shape index (κ3) is 6.15. The Morgan fingerprint density at radius 2 is 1.48 bits per heavy atom. The van der Waals surface area contributed by atoms with Gasteiger partial charge in [-0.2, -0.15) is 0 Å². The molecular weight excluding hydrogens is 338 g/mol. The Balaban J connectivity index is 0.00000312. The minimum atomic E-state index is 0. The van der Waals surface area contributed by atoms with Crippen LogP contribution < -0.4 is 19.5 Å². The van der Waals surface area contributed by atoms with Gasteiger partial charge in [0.15, 0.2) is 11.5 Å². The second kappa shape index (κ2) is 10.9. The third-order valence-electron chi connectivity index (χ3n) is 4.09. The minimum Gasteiger partial charge on any atom is -0.493 e. The SMILES string of the molecule is COc1cc(CNC(C)CCc2ccccc2)cc(OC)c1OC.Cl. The molecular formula is C20H28ClNO3.